The summed E-state index contributed by atoms with van der Waals surface area (Å²) in [5, 5.41) is 7.33. The van der Waals surface area contributed by atoms with E-state index in [1.807, 2.05) is 31.2 Å². The minimum absolute atomic E-state index is 0.232. The van der Waals surface area contributed by atoms with E-state index in [1.54, 1.807) is 42.1 Å². The number of para-hydroxylation sites is 2. The molecule has 1 amide bonds. The number of aromatic amines is 1. The van der Waals surface area contributed by atoms with Crippen LogP contribution in [0.25, 0.3) is 17.0 Å². The number of ether oxygens (including phenoxy) is 1. The lowest BCUT2D eigenvalue weighted by Crippen LogP contribution is -2.15. The number of aryl methyl sites for hydroxylation is 1. The molecule has 0 aliphatic rings. The Morgan fingerprint density at radius 3 is 2.65 bits per heavy atom. The Kier molecular flexibility index (Phi) is 3.89. The third-order valence-electron chi connectivity index (χ3n) is 4.00. The van der Waals surface area contributed by atoms with Gasteiger partial charge in [-0.3, -0.25) is 4.79 Å². The number of nitrogens with zero attached hydrogens (tertiary/aromatic N) is 3. The number of aromatic nitrogens is 4. The smallest absolute Gasteiger partial charge is 0.256 e. The van der Waals surface area contributed by atoms with E-state index in [4.69, 9.17) is 4.74 Å². The van der Waals surface area contributed by atoms with E-state index in [-0.39, 0.29) is 5.91 Å². The van der Waals surface area contributed by atoms with Gasteiger partial charge >= 0.3 is 0 Å². The SMILES string of the molecule is COc1ccc(C(=O)Nc2cc(C)nn2-c2nc3ccccc3[nH]2)cc1. The molecule has 0 saturated carbocycles. The second-order valence-electron chi connectivity index (χ2n) is 5.84. The zero-order valence-electron chi connectivity index (χ0n) is 14.4. The highest BCUT2D eigenvalue weighted by atomic mass is 16.5. The molecule has 130 valence electrons. The highest BCUT2D eigenvalue weighted by Crippen LogP contribution is 2.20. The summed E-state index contributed by atoms with van der Waals surface area (Å²) in [6.45, 7) is 1.86. The molecule has 0 bridgehead atoms. The molecule has 26 heavy (non-hydrogen) atoms. The largest absolute Gasteiger partial charge is 0.497 e. The number of benzene rings is 2. The van der Waals surface area contributed by atoms with Crippen LogP contribution in [-0.4, -0.2) is 32.8 Å². The van der Waals surface area contributed by atoms with Gasteiger partial charge in [0, 0.05) is 11.6 Å². The average Bonchev–Trinajstić information content (AvgIpc) is 3.24. The van der Waals surface area contributed by atoms with Gasteiger partial charge in [0.15, 0.2) is 0 Å². The van der Waals surface area contributed by atoms with E-state index in [0.29, 0.717) is 23.1 Å². The topological polar surface area (TPSA) is 84.8 Å². The maximum absolute atomic E-state index is 12.6. The van der Waals surface area contributed by atoms with Crippen LogP contribution in [0.1, 0.15) is 16.1 Å². The van der Waals surface area contributed by atoms with Crippen LogP contribution in [-0.2, 0) is 0 Å². The molecule has 2 aromatic carbocycles. The first-order chi connectivity index (χ1) is 12.6. The molecule has 4 rings (SSSR count). The number of fused-ring (bicyclic) bond motifs is 1. The van der Waals surface area contributed by atoms with Gasteiger partial charge in [-0.1, -0.05) is 12.1 Å². The van der Waals surface area contributed by atoms with Crippen LogP contribution in [0, 0.1) is 6.92 Å². The zero-order valence-corrected chi connectivity index (χ0v) is 14.4. The second kappa shape index (κ2) is 6.36. The summed E-state index contributed by atoms with van der Waals surface area (Å²) in [7, 11) is 1.59. The van der Waals surface area contributed by atoms with Crippen LogP contribution in [0.4, 0.5) is 5.82 Å². The van der Waals surface area contributed by atoms with Crippen molar-refractivity contribution < 1.29 is 9.53 Å². The maximum atomic E-state index is 12.6. The van der Waals surface area contributed by atoms with Crippen molar-refractivity contribution in [3.63, 3.8) is 0 Å². The summed E-state index contributed by atoms with van der Waals surface area (Å²) in [6, 6.07) is 16.4. The summed E-state index contributed by atoms with van der Waals surface area (Å²) in [5.41, 5.74) is 3.04. The molecule has 0 unspecified atom stereocenters. The molecule has 0 saturated heterocycles. The molecular formula is C19H17N5O2. The summed E-state index contributed by atoms with van der Waals surface area (Å²) in [5.74, 6) is 1.56. The van der Waals surface area contributed by atoms with Crippen LogP contribution in [0.15, 0.2) is 54.6 Å². The van der Waals surface area contributed by atoms with Gasteiger partial charge in [0.2, 0.25) is 5.95 Å². The Bertz CT molecular complexity index is 1050. The Labute approximate surface area is 149 Å². The van der Waals surface area contributed by atoms with Crippen LogP contribution in [0.2, 0.25) is 0 Å². The molecule has 2 aromatic heterocycles. The lowest BCUT2D eigenvalue weighted by Gasteiger charge is -2.07. The highest BCUT2D eigenvalue weighted by Gasteiger charge is 2.15. The number of anilines is 1. The van der Waals surface area contributed by atoms with Crippen molar-refractivity contribution in [2.24, 2.45) is 0 Å². The molecule has 0 fully saturated rings. The molecule has 0 atom stereocenters. The number of rotatable bonds is 4. The maximum Gasteiger partial charge on any atom is 0.256 e. The Balaban J connectivity index is 1.65. The van der Waals surface area contributed by atoms with Crippen LogP contribution in [0.5, 0.6) is 5.75 Å². The first kappa shape index (κ1) is 15.9. The minimum atomic E-state index is -0.232. The normalized spacial score (nSPS) is 10.8. The van der Waals surface area contributed by atoms with Crippen molar-refractivity contribution in [2.75, 3.05) is 12.4 Å². The van der Waals surface area contributed by atoms with Crippen LogP contribution < -0.4 is 10.1 Å². The molecule has 0 spiro atoms. The van der Waals surface area contributed by atoms with Gasteiger partial charge in [0.25, 0.3) is 5.91 Å². The van der Waals surface area contributed by atoms with Crippen molar-refractivity contribution in [3.8, 4) is 11.7 Å². The van der Waals surface area contributed by atoms with E-state index >= 15 is 0 Å². The van der Waals surface area contributed by atoms with Crippen molar-refractivity contribution in [1.29, 1.82) is 0 Å². The number of H-pyrrole nitrogens is 1. The van der Waals surface area contributed by atoms with Crippen molar-refractivity contribution >= 4 is 22.8 Å². The van der Waals surface area contributed by atoms with Gasteiger partial charge < -0.3 is 15.0 Å². The molecule has 2 heterocycles. The van der Waals surface area contributed by atoms with E-state index in [1.165, 1.54) is 0 Å². The highest BCUT2D eigenvalue weighted by molar-refractivity contribution is 6.04. The predicted molar refractivity (Wildman–Crippen MR) is 98.9 cm³/mol. The number of carbonyl (C=O) groups is 1. The lowest BCUT2D eigenvalue weighted by atomic mass is 10.2. The first-order valence-corrected chi connectivity index (χ1v) is 8.11. The third kappa shape index (κ3) is 2.90. The number of imidazole rings is 1. The molecule has 2 N–H and O–H groups in total. The molecule has 4 aromatic rings. The fraction of sp³-hybridized carbons (Fsp3) is 0.105. The number of hydrogen-bond acceptors (Lipinski definition) is 4. The Morgan fingerprint density at radius 1 is 1.15 bits per heavy atom. The number of amides is 1. The number of nitrogens with one attached hydrogen (secondary N) is 2. The fourth-order valence-electron chi connectivity index (χ4n) is 2.72. The van der Waals surface area contributed by atoms with Gasteiger partial charge in [-0.2, -0.15) is 9.78 Å². The van der Waals surface area contributed by atoms with Gasteiger partial charge in [0.05, 0.1) is 23.8 Å². The van der Waals surface area contributed by atoms with Crippen LogP contribution in [0.3, 0.4) is 0 Å². The van der Waals surface area contributed by atoms with Crippen LogP contribution >= 0.6 is 0 Å². The third-order valence-corrected chi connectivity index (χ3v) is 4.00. The molecule has 7 nitrogen and oxygen atoms in total. The lowest BCUT2D eigenvalue weighted by molar-refractivity contribution is 0.102. The number of hydrogen-bond donors (Lipinski definition) is 2. The van der Waals surface area contributed by atoms with Crippen molar-refractivity contribution in [3.05, 3.63) is 65.9 Å². The Hall–Kier alpha value is -3.61. The monoisotopic (exact) mass is 347 g/mol. The molecule has 0 aliphatic heterocycles. The van der Waals surface area contributed by atoms with Gasteiger partial charge in [-0.05, 0) is 43.3 Å². The fourth-order valence-corrected chi connectivity index (χ4v) is 2.72. The summed E-state index contributed by atoms with van der Waals surface area (Å²) in [4.78, 5) is 20.3. The van der Waals surface area contributed by atoms with Gasteiger partial charge in [-0.25, -0.2) is 4.98 Å². The number of carbonyl (C=O) groups excluding carboxylic acids is 1. The van der Waals surface area contributed by atoms with Gasteiger partial charge in [0.1, 0.15) is 11.6 Å². The van der Waals surface area contributed by atoms with E-state index in [0.717, 1.165) is 16.7 Å². The Morgan fingerprint density at radius 2 is 1.92 bits per heavy atom. The molecule has 0 aliphatic carbocycles. The summed E-state index contributed by atoms with van der Waals surface area (Å²) >= 11 is 0. The van der Waals surface area contributed by atoms with Crippen molar-refractivity contribution in [2.45, 2.75) is 6.92 Å². The van der Waals surface area contributed by atoms with E-state index < -0.39 is 0 Å². The van der Waals surface area contributed by atoms with Gasteiger partial charge in [-0.15, -0.1) is 0 Å². The second-order valence-corrected chi connectivity index (χ2v) is 5.84. The molecule has 7 heteroatoms. The quantitative estimate of drug-likeness (QED) is 0.593. The number of methoxy groups -OCH3 is 1. The van der Waals surface area contributed by atoms with E-state index in [9.17, 15) is 4.79 Å². The van der Waals surface area contributed by atoms with E-state index in [2.05, 4.69) is 20.4 Å². The summed E-state index contributed by atoms with van der Waals surface area (Å²) < 4.78 is 6.71. The average molecular weight is 347 g/mol. The first-order valence-electron chi connectivity index (χ1n) is 8.11. The minimum Gasteiger partial charge on any atom is -0.497 e. The standard InChI is InChI=1S/C19H17N5O2/c1-12-11-17(22-18(25)13-7-9-14(26-2)10-8-13)24(23-12)19-20-15-5-3-4-6-16(15)21-19/h3-11H,1-2H3,(H,20,21)(H,22,25). The molecular weight excluding hydrogens is 330 g/mol. The zero-order chi connectivity index (χ0) is 18.1. The summed E-state index contributed by atoms with van der Waals surface area (Å²) in [6.07, 6.45) is 0. The van der Waals surface area contributed by atoms with Crippen molar-refractivity contribution in [1.82, 2.24) is 19.7 Å². The molecule has 0 radical (unpaired) electrons. The predicted octanol–water partition coefficient (Wildman–Crippen LogP) is 3.32.